The summed E-state index contributed by atoms with van der Waals surface area (Å²) in [5, 5.41) is 3.43. The van der Waals surface area contributed by atoms with Gasteiger partial charge in [-0.2, -0.15) is 0 Å². The predicted molar refractivity (Wildman–Crippen MR) is 75.4 cm³/mol. The number of hydrogen-bond donors (Lipinski definition) is 1. The van der Waals surface area contributed by atoms with Gasteiger partial charge in [0, 0.05) is 25.1 Å². The van der Waals surface area contributed by atoms with E-state index in [9.17, 15) is 9.18 Å². The summed E-state index contributed by atoms with van der Waals surface area (Å²) in [5.74, 6) is -1.15. The van der Waals surface area contributed by atoms with E-state index < -0.39 is 5.92 Å². The van der Waals surface area contributed by atoms with Crippen LogP contribution in [0.1, 0.15) is 24.3 Å². The SMILES string of the molecule is COC(=O)[C@@H]1C2NC(CC2OC)C[C@@H]1c1ccccc1F. The molecule has 3 unspecified atom stereocenters. The minimum atomic E-state index is -0.421. The van der Waals surface area contributed by atoms with Crippen LogP contribution in [-0.2, 0) is 14.3 Å². The second-order valence-corrected chi connectivity index (χ2v) is 5.81. The summed E-state index contributed by atoms with van der Waals surface area (Å²) in [6.45, 7) is 0. The molecule has 3 rings (SSSR count). The highest BCUT2D eigenvalue weighted by atomic mass is 19.1. The predicted octanol–water partition coefficient (Wildman–Crippen LogP) is 1.85. The number of halogens is 1. The van der Waals surface area contributed by atoms with Crippen molar-refractivity contribution in [1.82, 2.24) is 5.32 Å². The Hall–Kier alpha value is -1.46. The highest BCUT2D eigenvalue weighted by Crippen LogP contribution is 2.43. The fourth-order valence-corrected chi connectivity index (χ4v) is 3.86. The van der Waals surface area contributed by atoms with Crippen molar-refractivity contribution in [2.24, 2.45) is 5.92 Å². The van der Waals surface area contributed by atoms with Crippen LogP contribution in [0.3, 0.4) is 0 Å². The summed E-state index contributed by atoms with van der Waals surface area (Å²) in [5.41, 5.74) is 0.598. The first-order valence-corrected chi connectivity index (χ1v) is 7.26. The lowest BCUT2D eigenvalue weighted by Gasteiger charge is -2.37. The quantitative estimate of drug-likeness (QED) is 0.864. The Labute approximate surface area is 123 Å². The van der Waals surface area contributed by atoms with Crippen LogP contribution in [0, 0.1) is 11.7 Å². The average Bonchev–Trinajstić information content (AvgIpc) is 2.83. The first kappa shape index (κ1) is 14.5. The molecule has 2 aliphatic rings. The van der Waals surface area contributed by atoms with E-state index >= 15 is 0 Å². The van der Waals surface area contributed by atoms with Crippen LogP contribution < -0.4 is 5.32 Å². The lowest BCUT2D eigenvalue weighted by Crippen LogP contribution is -2.51. The number of methoxy groups -OCH3 is 2. The molecule has 2 bridgehead atoms. The molecular weight excluding hydrogens is 273 g/mol. The van der Waals surface area contributed by atoms with Crippen LogP contribution in [0.15, 0.2) is 24.3 Å². The van der Waals surface area contributed by atoms with E-state index in [2.05, 4.69) is 5.32 Å². The van der Waals surface area contributed by atoms with Crippen molar-refractivity contribution in [1.29, 1.82) is 0 Å². The molecule has 2 aliphatic heterocycles. The zero-order valence-electron chi connectivity index (χ0n) is 12.2. The molecule has 5 heteroatoms. The maximum absolute atomic E-state index is 14.2. The van der Waals surface area contributed by atoms with E-state index in [0.29, 0.717) is 5.56 Å². The zero-order chi connectivity index (χ0) is 15.0. The van der Waals surface area contributed by atoms with Gasteiger partial charge in [-0.05, 0) is 24.5 Å². The van der Waals surface area contributed by atoms with Crippen LogP contribution in [0.5, 0.6) is 0 Å². The van der Waals surface area contributed by atoms with Gasteiger partial charge in [-0.25, -0.2) is 4.39 Å². The molecule has 1 aromatic carbocycles. The number of ether oxygens (including phenoxy) is 2. The maximum atomic E-state index is 14.2. The third kappa shape index (κ3) is 2.45. The Morgan fingerprint density at radius 1 is 1.29 bits per heavy atom. The minimum Gasteiger partial charge on any atom is -0.469 e. The molecule has 5 atom stereocenters. The van der Waals surface area contributed by atoms with Crippen LogP contribution in [0.4, 0.5) is 4.39 Å². The van der Waals surface area contributed by atoms with Crippen molar-refractivity contribution >= 4 is 5.97 Å². The lowest BCUT2D eigenvalue weighted by atomic mass is 9.76. The molecule has 0 amide bonds. The van der Waals surface area contributed by atoms with Crippen LogP contribution >= 0.6 is 0 Å². The van der Waals surface area contributed by atoms with Crippen LogP contribution in [0.2, 0.25) is 0 Å². The molecule has 2 saturated heterocycles. The number of carbonyl (C=O) groups is 1. The molecule has 2 fully saturated rings. The van der Waals surface area contributed by atoms with E-state index in [0.717, 1.165) is 12.8 Å². The molecule has 0 saturated carbocycles. The van der Waals surface area contributed by atoms with Crippen molar-refractivity contribution < 1.29 is 18.7 Å². The van der Waals surface area contributed by atoms with Crippen molar-refractivity contribution in [3.63, 3.8) is 0 Å². The molecule has 21 heavy (non-hydrogen) atoms. The second kappa shape index (κ2) is 5.73. The molecule has 1 aromatic rings. The van der Waals surface area contributed by atoms with E-state index in [1.807, 2.05) is 6.07 Å². The number of rotatable bonds is 3. The summed E-state index contributed by atoms with van der Waals surface area (Å²) in [4.78, 5) is 12.3. The summed E-state index contributed by atoms with van der Waals surface area (Å²) >= 11 is 0. The molecule has 0 aliphatic carbocycles. The van der Waals surface area contributed by atoms with Crippen LogP contribution in [-0.4, -0.2) is 38.4 Å². The number of fused-ring (bicyclic) bond motifs is 2. The molecule has 0 spiro atoms. The van der Waals surface area contributed by atoms with Crippen molar-refractivity contribution in [2.45, 2.75) is 36.9 Å². The van der Waals surface area contributed by atoms with Gasteiger partial charge in [0.2, 0.25) is 0 Å². The van der Waals surface area contributed by atoms with E-state index in [-0.39, 0.29) is 35.9 Å². The minimum absolute atomic E-state index is 0.0316. The van der Waals surface area contributed by atoms with Gasteiger partial charge in [0.15, 0.2) is 0 Å². The molecule has 2 heterocycles. The van der Waals surface area contributed by atoms with Gasteiger partial charge in [0.1, 0.15) is 5.82 Å². The number of nitrogens with one attached hydrogen (secondary N) is 1. The van der Waals surface area contributed by atoms with E-state index in [1.165, 1.54) is 13.2 Å². The third-order valence-electron chi connectivity index (χ3n) is 4.79. The molecule has 114 valence electrons. The van der Waals surface area contributed by atoms with Gasteiger partial charge in [-0.1, -0.05) is 18.2 Å². The standard InChI is InChI=1S/C16H20FNO3/c1-20-13-8-9-7-11(10-5-3-4-6-12(10)17)14(15(13)18-9)16(19)21-2/h3-6,9,11,13-15,18H,7-8H2,1-2H3/t9?,11-,13?,14+,15?/m1/s1. The van der Waals surface area contributed by atoms with Gasteiger partial charge in [-0.15, -0.1) is 0 Å². The average molecular weight is 293 g/mol. The van der Waals surface area contributed by atoms with E-state index in [4.69, 9.17) is 9.47 Å². The fraction of sp³-hybridized carbons (Fsp3) is 0.562. The summed E-state index contributed by atoms with van der Waals surface area (Å²) in [7, 11) is 3.03. The largest absolute Gasteiger partial charge is 0.469 e. The van der Waals surface area contributed by atoms with Gasteiger partial charge in [0.25, 0.3) is 0 Å². The number of piperidine rings is 1. The molecule has 0 radical (unpaired) electrons. The highest BCUT2D eigenvalue weighted by molar-refractivity contribution is 5.75. The summed E-state index contributed by atoms with van der Waals surface area (Å²) in [6.07, 6.45) is 1.53. The van der Waals surface area contributed by atoms with Crippen LogP contribution in [0.25, 0.3) is 0 Å². The van der Waals surface area contributed by atoms with Gasteiger partial charge in [0.05, 0.1) is 19.1 Å². The summed E-state index contributed by atoms with van der Waals surface area (Å²) in [6, 6.07) is 6.82. The number of carbonyl (C=O) groups excluding carboxylic acids is 1. The lowest BCUT2D eigenvalue weighted by molar-refractivity contribution is -0.149. The number of benzene rings is 1. The van der Waals surface area contributed by atoms with E-state index in [1.54, 1.807) is 19.2 Å². The smallest absolute Gasteiger partial charge is 0.310 e. The Kier molecular flexibility index (Phi) is 3.95. The van der Waals surface area contributed by atoms with Crippen molar-refractivity contribution in [3.8, 4) is 0 Å². The highest BCUT2D eigenvalue weighted by Gasteiger charge is 2.51. The summed E-state index contributed by atoms with van der Waals surface area (Å²) < 4.78 is 24.6. The zero-order valence-corrected chi connectivity index (χ0v) is 12.2. The first-order chi connectivity index (χ1) is 10.2. The second-order valence-electron chi connectivity index (χ2n) is 5.81. The first-order valence-electron chi connectivity index (χ1n) is 7.26. The third-order valence-corrected chi connectivity index (χ3v) is 4.79. The normalized spacial score (nSPS) is 34.7. The Bertz CT molecular complexity index is 536. The number of hydrogen-bond acceptors (Lipinski definition) is 4. The Morgan fingerprint density at radius 3 is 2.71 bits per heavy atom. The fourth-order valence-electron chi connectivity index (χ4n) is 3.86. The topological polar surface area (TPSA) is 47.6 Å². The maximum Gasteiger partial charge on any atom is 0.310 e. The molecule has 4 nitrogen and oxygen atoms in total. The van der Waals surface area contributed by atoms with Gasteiger partial charge >= 0.3 is 5.97 Å². The van der Waals surface area contributed by atoms with Gasteiger partial charge in [-0.3, -0.25) is 4.79 Å². The Balaban J connectivity index is 1.99. The molecular formula is C16H20FNO3. The molecule has 1 N–H and O–H groups in total. The number of esters is 1. The Morgan fingerprint density at radius 2 is 2.05 bits per heavy atom. The van der Waals surface area contributed by atoms with Crippen molar-refractivity contribution in [3.05, 3.63) is 35.6 Å². The molecule has 0 aromatic heterocycles. The van der Waals surface area contributed by atoms with Gasteiger partial charge < -0.3 is 14.8 Å². The van der Waals surface area contributed by atoms with Crippen molar-refractivity contribution in [2.75, 3.05) is 14.2 Å². The monoisotopic (exact) mass is 293 g/mol.